The maximum absolute atomic E-state index is 13.8. The molecule has 2 heterocycles. The average molecular weight is 387 g/mol. The zero-order valence-corrected chi connectivity index (χ0v) is 15.0. The van der Waals surface area contributed by atoms with Crippen LogP contribution in [0.3, 0.4) is 0 Å². The van der Waals surface area contributed by atoms with Gasteiger partial charge in [-0.15, -0.1) is 10.2 Å². The van der Waals surface area contributed by atoms with Crippen LogP contribution < -0.4 is 19.5 Å². The highest BCUT2D eigenvalue weighted by molar-refractivity contribution is 7.18. The van der Waals surface area contributed by atoms with Gasteiger partial charge in [0, 0.05) is 5.56 Å². The quantitative estimate of drug-likeness (QED) is 0.741. The third-order valence-corrected chi connectivity index (χ3v) is 4.74. The highest BCUT2D eigenvalue weighted by Gasteiger charge is 2.28. The van der Waals surface area contributed by atoms with Gasteiger partial charge in [0.25, 0.3) is 5.91 Å². The predicted molar refractivity (Wildman–Crippen MR) is 96.8 cm³/mol. The number of rotatable bonds is 4. The molecule has 0 aliphatic carbocycles. The van der Waals surface area contributed by atoms with E-state index in [1.807, 2.05) is 6.07 Å². The molecule has 0 unspecified atom stereocenters. The minimum absolute atomic E-state index is 0.0954. The van der Waals surface area contributed by atoms with E-state index in [9.17, 15) is 9.18 Å². The molecule has 0 fully saturated rings. The molecule has 1 aliphatic heterocycles. The third kappa shape index (κ3) is 3.54. The number of benzene rings is 2. The van der Waals surface area contributed by atoms with Gasteiger partial charge in [0.2, 0.25) is 11.2 Å². The van der Waals surface area contributed by atoms with Crippen molar-refractivity contribution in [3.8, 4) is 27.8 Å². The van der Waals surface area contributed by atoms with E-state index in [0.717, 1.165) is 11.3 Å². The minimum atomic E-state index is -0.800. The number of nitrogens with one attached hydrogen (secondary N) is 1. The van der Waals surface area contributed by atoms with E-state index in [0.29, 0.717) is 22.1 Å². The van der Waals surface area contributed by atoms with Gasteiger partial charge in [0.15, 0.2) is 23.1 Å². The Labute approximate surface area is 157 Å². The van der Waals surface area contributed by atoms with Crippen molar-refractivity contribution >= 4 is 22.4 Å². The van der Waals surface area contributed by atoms with Crippen molar-refractivity contribution in [2.24, 2.45) is 0 Å². The van der Waals surface area contributed by atoms with Gasteiger partial charge in [-0.1, -0.05) is 23.5 Å². The number of carbonyl (C=O) groups excluding carboxylic acids is 1. The molecule has 9 heteroatoms. The number of halogens is 1. The van der Waals surface area contributed by atoms with Crippen LogP contribution in [0.1, 0.15) is 0 Å². The van der Waals surface area contributed by atoms with Gasteiger partial charge in [-0.2, -0.15) is 0 Å². The molecule has 2 aromatic carbocycles. The molecule has 1 amide bonds. The number of nitrogens with zero attached hydrogens (tertiary/aromatic N) is 2. The van der Waals surface area contributed by atoms with Crippen LogP contribution in [0, 0.1) is 5.82 Å². The molecular weight excluding hydrogens is 373 g/mol. The maximum atomic E-state index is 13.8. The lowest BCUT2D eigenvalue weighted by Crippen LogP contribution is -2.40. The summed E-state index contributed by atoms with van der Waals surface area (Å²) < 4.78 is 29.9. The summed E-state index contributed by atoms with van der Waals surface area (Å²) in [4.78, 5) is 12.4. The van der Waals surface area contributed by atoms with Crippen molar-refractivity contribution < 1.29 is 23.4 Å². The largest absolute Gasteiger partial charge is 0.494 e. The SMILES string of the molecule is COc1ccc(-c2nnc(NC(=O)[C@H]3COc4ccccc4O3)s2)cc1F. The zero-order chi connectivity index (χ0) is 18.8. The van der Waals surface area contributed by atoms with Crippen LogP contribution in [0.5, 0.6) is 17.2 Å². The number of methoxy groups -OCH3 is 1. The first-order chi connectivity index (χ1) is 13.1. The topological polar surface area (TPSA) is 82.6 Å². The Kier molecular flexibility index (Phi) is 4.59. The molecule has 1 aromatic heterocycles. The summed E-state index contributed by atoms with van der Waals surface area (Å²) in [5.41, 5.74) is 0.539. The maximum Gasteiger partial charge on any atom is 0.270 e. The molecule has 27 heavy (non-hydrogen) atoms. The van der Waals surface area contributed by atoms with Crippen molar-refractivity contribution in [2.75, 3.05) is 19.0 Å². The van der Waals surface area contributed by atoms with Crippen LogP contribution in [-0.4, -0.2) is 35.9 Å². The first-order valence-electron chi connectivity index (χ1n) is 8.01. The molecule has 0 spiro atoms. The second-order valence-electron chi connectivity index (χ2n) is 5.62. The van der Waals surface area contributed by atoms with Gasteiger partial charge >= 0.3 is 0 Å². The van der Waals surface area contributed by atoms with E-state index in [-0.39, 0.29) is 17.5 Å². The van der Waals surface area contributed by atoms with E-state index in [4.69, 9.17) is 14.2 Å². The standard InChI is InChI=1S/C18H14FN3O4S/c1-24-12-7-6-10(8-11(12)19)17-21-22-18(27-17)20-16(23)15-9-25-13-4-2-3-5-14(13)26-15/h2-8,15H,9H2,1H3,(H,20,22,23)/t15-/m1/s1. The minimum Gasteiger partial charge on any atom is -0.494 e. The molecule has 0 radical (unpaired) electrons. The van der Waals surface area contributed by atoms with Crippen LogP contribution in [0.2, 0.25) is 0 Å². The molecule has 0 saturated heterocycles. The number of ether oxygens (including phenoxy) is 3. The van der Waals surface area contributed by atoms with Gasteiger partial charge in [0.1, 0.15) is 11.6 Å². The Morgan fingerprint density at radius 1 is 1.26 bits per heavy atom. The second-order valence-corrected chi connectivity index (χ2v) is 6.59. The lowest BCUT2D eigenvalue weighted by atomic mass is 10.2. The van der Waals surface area contributed by atoms with E-state index >= 15 is 0 Å². The monoisotopic (exact) mass is 387 g/mol. The highest BCUT2D eigenvalue weighted by atomic mass is 32.1. The van der Waals surface area contributed by atoms with Crippen LogP contribution in [0.4, 0.5) is 9.52 Å². The van der Waals surface area contributed by atoms with E-state index < -0.39 is 17.8 Å². The van der Waals surface area contributed by atoms with Crippen molar-refractivity contribution in [3.05, 3.63) is 48.3 Å². The van der Waals surface area contributed by atoms with Crippen molar-refractivity contribution in [1.29, 1.82) is 0 Å². The third-order valence-electron chi connectivity index (χ3n) is 3.85. The molecule has 138 valence electrons. The summed E-state index contributed by atoms with van der Waals surface area (Å²) in [5, 5.41) is 11.3. The predicted octanol–water partition coefficient (Wildman–Crippen LogP) is 3.13. The smallest absolute Gasteiger partial charge is 0.270 e. The van der Waals surface area contributed by atoms with Gasteiger partial charge in [-0.25, -0.2) is 4.39 Å². The Balaban J connectivity index is 1.45. The molecule has 0 saturated carbocycles. The van der Waals surface area contributed by atoms with Gasteiger partial charge in [0.05, 0.1) is 7.11 Å². The lowest BCUT2D eigenvalue weighted by Gasteiger charge is -2.25. The first-order valence-corrected chi connectivity index (χ1v) is 8.82. The fourth-order valence-electron chi connectivity index (χ4n) is 2.52. The highest BCUT2D eigenvalue weighted by Crippen LogP contribution is 2.32. The Morgan fingerprint density at radius 3 is 2.85 bits per heavy atom. The number of amides is 1. The summed E-state index contributed by atoms with van der Waals surface area (Å²) >= 11 is 1.13. The number of para-hydroxylation sites is 2. The summed E-state index contributed by atoms with van der Waals surface area (Å²) in [6.07, 6.45) is -0.800. The summed E-state index contributed by atoms with van der Waals surface area (Å²) in [5.74, 6) is 0.360. The average Bonchev–Trinajstić information content (AvgIpc) is 3.16. The Hall–Kier alpha value is -3.20. The molecular formula is C18H14FN3O4S. The van der Waals surface area contributed by atoms with E-state index in [1.54, 1.807) is 24.3 Å². The summed E-state index contributed by atoms with van der Waals surface area (Å²) in [6, 6.07) is 11.6. The Bertz CT molecular complexity index is 994. The molecule has 0 bridgehead atoms. The fourth-order valence-corrected chi connectivity index (χ4v) is 3.27. The van der Waals surface area contributed by atoms with Crippen molar-refractivity contribution in [1.82, 2.24) is 10.2 Å². The number of carbonyl (C=O) groups is 1. The molecule has 3 aromatic rings. The number of anilines is 1. The van der Waals surface area contributed by atoms with Crippen LogP contribution in [0.25, 0.3) is 10.6 Å². The molecule has 7 nitrogen and oxygen atoms in total. The normalized spacial score (nSPS) is 15.3. The lowest BCUT2D eigenvalue weighted by molar-refractivity contribution is -0.125. The van der Waals surface area contributed by atoms with Gasteiger partial charge < -0.3 is 14.2 Å². The Morgan fingerprint density at radius 2 is 2.07 bits per heavy atom. The number of hydrogen-bond acceptors (Lipinski definition) is 7. The van der Waals surface area contributed by atoms with Crippen molar-refractivity contribution in [2.45, 2.75) is 6.10 Å². The van der Waals surface area contributed by atoms with Gasteiger partial charge in [-0.3, -0.25) is 10.1 Å². The molecule has 1 N–H and O–H groups in total. The molecule has 1 atom stereocenters. The van der Waals surface area contributed by atoms with Crippen LogP contribution in [-0.2, 0) is 4.79 Å². The summed E-state index contributed by atoms with van der Waals surface area (Å²) in [7, 11) is 1.39. The van der Waals surface area contributed by atoms with Crippen molar-refractivity contribution in [3.63, 3.8) is 0 Å². The summed E-state index contributed by atoms with van der Waals surface area (Å²) in [6.45, 7) is 0.0954. The molecule has 1 aliphatic rings. The van der Waals surface area contributed by atoms with Gasteiger partial charge in [-0.05, 0) is 30.3 Å². The number of aromatic nitrogens is 2. The fraction of sp³-hybridized carbons (Fsp3) is 0.167. The second kappa shape index (κ2) is 7.20. The van der Waals surface area contributed by atoms with E-state index in [1.165, 1.54) is 19.2 Å². The van der Waals surface area contributed by atoms with Crippen LogP contribution in [0.15, 0.2) is 42.5 Å². The molecule has 4 rings (SSSR count). The number of hydrogen-bond donors (Lipinski definition) is 1. The zero-order valence-electron chi connectivity index (χ0n) is 14.1. The number of fused-ring (bicyclic) bond motifs is 1. The first kappa shape index (κ1) is 17.2. The van der Waals surface area contributed by atoms with Crippen LogP contribution >= 0.6 is 11.3 Å². The van der Waals surface area contributed by atoms with E-state index in [2.05, 4.69) is 15.5 Å².